The van der Waals surface area contributed by atoms with Gasteiger partial charge in [0.25, 0.3) is 0 Å². The van der Waals surface area contributed by atoms with Crippen LogP contribution in [-0.2, 0) is 6.54 Å². The molecule has 5 heteroatoms. The van der Waals surface area contributed by atoms with E-state index in [1.807, 2.05) is 12.1 Å². The maximum atomic E-state index is 13.7. The molecule has 134 valence electrons. The number of nitrogen functional groups attached to an aromatic ring is 1. The highest BCUT2D eigenvalue weighted by atomic mass is 19.1. The third kappa shape index (κ3) is 3.41. The number of benzene rings is 2. The molecule has 3 aromatic rings. The molecule has 0 amide bonds. The Kier molecular flexibility index (Phi) is 4.57. The molecule has 1 aromatic heterocycles. The van der Waals surface area contributed by atoms with Gasteiger partial charge in [0.1, 0.15) is 11.6 Å². The van der Waals surface area contributed by atoms with Crippen molar-refractivity contribution in [2.75, 3.05) is 18.8 Å². The highest BCUT2D eigenvalue weighted by Crippen LogP contribution is 2.32. The number of nitrogens with two attached hydrogens (primary N) is 2. The van der Waals surface area contributed by atoms with Crippen molar-refractivity contribution in [3.63, 3.8) is 0 Å². The first-order chi connectivity index (χ1) is 12.6. The zero-order valence-corrected chi connectivity index (χ0v) is 14.7. The molecule has 0 radical (unpaired) electrons. The van der Waals surface area contributed by atoms with E-state index in [0.717, 1.165) is 54.4 Å². The summed E-state index contributed by atoms with van der Waals surface area (Å²) in [6.07, 6.45) is 3.81. The van der Waals surface area contributed by atoms with Crippen LogP contribution in [0.15, 0.2) is 48.7 Å². The van der Waals surface area contributed by atoms with E-state index >= 15 is 0 Å². The lowest BCUT2D eigenvalue weighted by atomic mass is 9.98. The summed E-state index contributed by atoms with van der Waals surface area (Å²) < 4.78 is 13.7. The molecular formula is C21H23FN4. The van der Waals surface area contributed by atoms with Gasteiger partial charge < -0.3 is 11.5 Å². The highest BCUT2D eigenvalue weighted by molar-refractivity contribution is 6.01. The van der Waals surface area contributed by atoms with Gasteiger partial charge in [-0.1, -0.05) is 24.3 Å². The van der Waals surface area contributed by atoms with E-state index in [0.29, 0.717) is 11.9 Å². The van der Waals surface area contributed by atoms with E-state index < -0.39 is 0 Å². The zero-order chi connectivity index (χ0) is 18.1. The van der Waals surface area contributed by atoms with Gasteiger partial charge in [0.15, 0.2) is 0 Å². The lowest BCUT2D eigenvalue weighted by Gasteiger charge is -2.30. The van der Waals surface area contributed by atoms with Gasteiger partial charge in [0.2, 0.25) is 0 Å². The van der Waals surface area contributed by atoms with Gasteiger partial charge >= 0.3 is 0 Å². The fraction of sp³-hybridized carbons (Fsp3) is 0.286. The van der Waals surface area contributed by atoms with Crippen molar-refractivity contribution >= 4 is 16.6 Å². The van der Waals surface area contributed by atoms with Crippen LogP contribution < -0.4 is 11.5 Å². The van der Waals surface area contributed by atoms with Crippen molar-refractivity contribution in [1.82, 2.24) is 9.88 Å². The van der Waals surface area contributed by atoms with Gasteiger partial charge in [-0.05, 0) is 60.6 Å². The summed E-state index contributed by atoms with van der Waals surface area (Å²) in [5, 5.41) is 1.91. The minimum atomic E-state index is -0.256. The summed E-state index contributed by atoms with van der Waals surface area (Å²) in [5.74, 6) is 0.240. The van der Waals surface area contributed by atoms with Crippen molar-refractivity contribution in [3.05, 3.63) is 60.0 Å². The van der Waals surface area contributed by atoms with Crippen molar-refractivity contribution in [1.29, 1.82) is 0 Å². The van der Waals surface area contributed by atoms with Gasteiger partial charge in [-0.15, -0.1) is 0 Å². The minimum Gasteiger partial charge on any atom is -0.383 e. The number of likely N-dealkylation sites (tertiary alicyclic amines) is 1. The predicted molar refractivity (Wildman–Crippen MR) is 104 cm³/mol. The lowest BCUT2D eigenvalue weighted by molar-refractivity contribution is 0.206. The molecule has 2 aromatic carbocycles. The maximum absolute atomic E-state index is 13.7. The SMILES string of the molecule is Nc1ncc(-c2cccc(F)c2)c2cc(CN3CCC(N)CC3)ccc12. The molecule has 0 bridgehead atoms. The monoisotopic (exact) mass is 350 g/mol. The number of halogens is 1. The number of piperidine rings is 1. The summed E-state index contributed by atoms with van der Waals surface area (Å²) in [6, 6.07) is 13.2. The van der Waals surface area contributed by atoms with E-state index in [1.54, 1.807) is 12.3 Å². The van der Waals surface area contributed by atoms with Crippen LogP contribution in [0.4, 0.5) is 10.2 Å². The normalized spacial score (nSPS) is 16.2. The second-order valence-corrected chi connectivity index (χ2v) is 7.06. The van der Waals surface area contributed by atoms with Gasteiger partial charge in [0, 0.05) is 29.7 Å². The van der Waals surface area contributed by atoms with Crippen LogP contribution in [0.25, 0.3) is 21.9 Å². The molecule has 1 aliphatic heterocycles. The summed E-state index contributed by atoms with van der Waals surface area (Å²) in [4.78, 5) is 6.73. The fourth-order valence-electron chi connectivity index (χ4n) is 3.66. The second-order valence-electron chi connectivity index (χ2n) is 7.06. The average Bonchev–Trinajstić information content (AvgIpc) is 2.64. The first-order valence-corrected chi connectivity index (χ1v) is 9.01. The molecule has 0 aliphatic carbocycles. The van der Waals surface area contributed by atoms with Crippen LogP contribution in [0.3, 0.4) is 0 Å². The third-order valence-electron chi connectivity index (χ3n) is 5.16. The number of rotatable bonds is 3. The Morgan fingerprint density at radius 1 is 1.08 bits per heavy atom. The van der Waals surface area contributed by atoms with Crippen LogP contribution in [0, 0.1) is 5.82 Å². The standard InChI is InChI=1S/C21H23FN4/c22-16-3-1-2-15(11-16)20-12-25-21(24)18-5-4-14(10-19(18)20)13-26-8-6-17(23)7-9-26/h1-5,10-12,17H,6-9,13,23H2,(H2,24,25). The summed E-state index contributed by atoms with van der Waals surface area (Å²) in [5.41, 5.74) is 15.0. The van der Waals surface area contributed by atoms with Crippen molar-refractivity contribution < 1.29 is 4.39 Å². The number of hydrogen-bond acceptors (Lipinski definition) is 4. The van der Waals surface area contributed by atoms with E-state index in [4.69, 9.17) is 11.5 Å². The Labute approximate surface area is 152 Å². The smallest absolute Gasteiger partial charge is 0.131 e. The van der Waals surface area contributed by atoms with Crippen LogP contribution in [0.1, 0.15) is 18.4 Å². The molecule has 1 aliphatic rings. The van der Waals surface area contributed by atoms with Gasteiger partial charge in [0.05, 0.1) is 0 Å². The number of aromatic nitrogens is 1. The molecule has 0 saturated carbocycles. The Hall–Kier alpha value is -2.50. The second kappa shape index (κ2) is 7.02. The van der Waals surface area contributed by atoms with Crippen LogP contribution in [-0.4, -0.2) is 29.0 Å². The maximum Gasteiger partial charge on any atom is 0.131 e. The zero-order valence-electron chi connectivity index (χ0n) is 14.7. The molecule has 2 heterocycles. The number of hydrogen-bond donors (Lipinski definition) is 2. The molecule has 1 fully saturated rings. The van der Waals surface area contributed by atoms with E-state index in [-0.39, 0.29) is 5.82 Å². The molecule has 0 spiro atoms. The van der Waals surface area contributed by atoms with E-state index in [9.17, 15) is 4.39 Å². The largest absolute Gasteiger partial charge is 0.383 e. The van der Waals surface area contributed by atoms with Crippen molar-refractivity contribution in [2.45, 2.75) is 25.4 Å². The number of anilines is 1. The lowest BCUT2D eigenvalue weighted by Crippen LogP contribution is -2.39. The fourth-order valence-corrected chi connectivity index (χ4v) is 3.66. The minimum absolute atomic E-state index is 0.256. The first-order valence-electron chi connectivity index (χ1n) is 9.01. The van der Waals surface area contributed by atoms with Crippen LogP contribution in [0.2, 0.25) is 0 Å². The molecular weight excluding hydrogens is 327 g/mol. The summed E-state index contributed by atoms with van der Waals surface area (Å²) in [6.45, 7) is 2.93. The first kappa shape index (κ1) is 16.9. The van der Waals surface area contributed by atoms with Gasteiger partial charge in [-0.25, -0.2) is 9.37 Å². The Bertz CT molecular complexity index is 932. The third-order valence-corrected chi connectivity index (χ3v) is 5.16. The van der Waals surface area contributed by atoms with E-state index in [1.165, 1.54) is 17.7 Å². The van der Waals surface area contributed by atoms with Gasteiger partial charge in [-0.3, -0.25) is 4.90 Å². The Morgan fingerprint density at radius 2 is 1.88 bits per heavy atom. The Balaban J connectivity index is 1.72. The summed E-state index contributed by atoms with van der Waals surface area (Å²) in [7, 11) is 0. The number of nitrogens with zero attached hydrogens (tertiary/aromatic N) is 2. The van der Waals surface area contributed by atoms with Crippen molar-refractivity contribution in [3.8, 4) is 11.1 Å². The topological polar surface area (TPSA) is 68.2 Å². The number of fused-ring (bicyclic) bond motifs is 1. The molecule has 26 heavy (non-hydrogen) atoms. The predicted octanol–water partition coefficient (Wildman–Crippen LogP) is 3.55. The van der Waals surface area contributed by atoms with E-state index in [2.05, 4.69) is 22.0 Å². The van der Waals surface area contributed by atoms with Crippen LogP contribution >= 0.6 is 0 Å². The molecule has 4 nitrogen and oxygen atoms in total. The highest BCUT2D eigenvalue weighted by Gasteiger charge is 2.16. The molecule has 0 unspecified atom stereocenters. The molecule has 4 N–H and O–H groups in total. The summed E-state index contributed by atoms with van der Waals surface area (Å²) >= 11 is 0. The average molecular weight is 350 g/mol. The van der Waals surface area contributed by atoms with Crippen LogP contribution in [0.5, 0.6) is 0 Å². The van der Waals surface area contributed by atoms with Crippen molar-refractivity contribution in [2.24, 2.45) is 5.73 Å². The quantitative estimate of drug-likeness (QED) is 0.758. The number of pyridine rings is 1. The molecule has 4 rings (SSSR count). The van der Waals surface area contributed by atoms with Gasteiger partial charge in [-0.2, -0.15) is 0 Å². The molecule has 1 saturated heterocycles. The Morgan fingerprint density at radius 3 is 2.65 bits per heavy atom. The molecule has 0 atom stereocenters.